The quantitative estimate of drug-likeness (QED) is 0.326. The summed E-state index contributed by atoms with van der Waals surface area (Å²) in [6.45, 7) is 5.31. The molecule has 0 aliphatic rings. The van der Waals surface area contributed by atoms with Crippen LogP contribution in [0.5, 0.6) is 0 Å². The van der Waals surface area contributed by atoms with Gasteiger partial charge in [0.05, 0.1) is 5.69 Å². The minimum Gasteiger partial charge on any atom is -0.352 e. The number of carbonyl (C=O) groups is 2. The van der Waals surface area contributed by atoms with Crippen molar-refractivity contribution in [2.45, 2.75) is 52.2 Å². The van der Waals surface area contributed by atoms with E-state index in [9.17, 15) is 22.4 Å². The van der Waals surface area contributed by atoms with Crippen molar-refractivity contribution in [2.24, 2.45) is 0 Å². The standard InChI is InChI=1S/C31H39FN4O4S/c1-6-24(3)33-31(38)29(20-25-10-8-7-9-11-25)35(21-26-14-12-23(2)13-15-26)30(37)22-36(41(39,40)34(4)5)28-18-16-27(32)17-19-28/h7-19,24,29H,6,20-22H2,1-5H3,(H,33,38)/t24-,29-/m1/s1. The van der Waals surface area contributed by atoms with Gasteiger partial charge in [-0.15, -0.1) is 0 Å². The molecule has 3 rings (SSSR count). The zero-order valence-corrected chi connectivity index (χ0v) is 25.1. The molecule has 0 spiro atoms. The molecule has 0 aromatic heterocycles. The lowest BCUT2D eigenvalue weighted by Gasteiger charge is -2.35. The van der Waals surface area contributed by atoms with Crippen LogP contribution in [0.3, 0.4) is 0 Å². The molecule has 0 heterocycles. The first-order valence-corrected chi connectivity index (χ1v) is 15.0. The fourth-order valence-corrected chi connectivity index (χ4v) is 5.27. The second kappa shape index (κ2) is 14.2. The zero-order valence-electron chi connectivity index (χ0n) is 24.2. The molecule has 0 aliphatic heterocycles. The molecular formula is C31H39FN4O4S. The fourth-order valence-electron chi connectivity index (χ4n) is 4.21. The minimum absolute atomic E-state index is 0.0871. The molecule has 2 atom stereocenters. The van der Waals surface area contributed by atoms with Crippen molar-refractivity contribution in [1.82, 2.24) is 14.5 Å². The highest BCUT2D eigenvalue weighted by molar-refractivity contribution is 7.90. The number of rotatable bonds is 13. The first-order valence-electron chi connectivity index (χ1n) is 13.6. The van der Waals surface area contributed by atoms with Gasteiger partial charge in [-0.3, -0.25) is 9.59 Å². The predicted octanol–water partition coefficient (Wildman–Crippen LogP) is 4.30. The largest absolute Gasteiger partial charge is 0.352 e. The van der Waals surface area contributed by atoms with E-state index in [2.05, 4.69) is 5.32 Å². The second-order valence-electron chi connectivity index (χ2n) is 10.3. The fraction of sp³-hybridized carbons (Fsp3) is 0.355. The summed E-state index contributed by atoms with van der Waals surface area (Å²) in [6.07, 6.45) is 0.937. The topological polar surface area (TPSA) is 90.0 Å². The molecule has 3 aromatic rings. The van der Waals surface area contributed by atoms with Crippen molar-refractivity contribution in [1.29, 1.82) is 0 Å². The summed E-state index contributed by atoms with van der Waals surface area (Å²) in [4.78, 5) is 29.3. The maximum atomic E-state index is 14.2. The molecule has 1 N–H and O–H groups in total. The van der Waals surface area contributed by atoms with Crippen molar-refractivity contribution in [3.05, 3.63) is 101 Å². The summed E-state index contributed by atoms with van der Waals surface area (Å²) in [7, 11) is -1.42. The van der Waals surface area contributed by atoms with E-state index in [1.54, 1.807) is 0 Å². The number of carbonyl (C=O) groups excluding carboxylic acids is 2. The highest BCUT2D eigenvalue weighted by Gasteiger charge is 2.35. The molecule has 41 heavy (non-hydrogen) atoms. The normalized spacial score (nSPS) is 13.0. The molecular weight excluding hydrogens is 543 g/mol. The van der Waals surface area contributed by atoms with Crippen molar-refractivity contribution < 1.29 is 22.4 Å². The number of anilines is 1. The van der Waals surface area contributed by atoms with Gasteiger partial charge in [0.15, 0.2) is 0 Å². The molecule has 0 fully saturated rings. The molecule has 0 bridgehead atoms. The third-order valence-electron chi connectivity index (χ3n) is 6.88. The van der Waals surface area contributed by atoms with Crippen LogP contribution in [0.15, 0.2) is 78.9 Å². The number of halogens is 1. The SMILES string of the molecule is CC[C@@H](C)NC(=O)[C@@H](Cc1ccccc1)N(Cc1ccc(C)cc1)C(=O)CN(c1ccc(F)cc1)S(=O)(=O)N(C)C. The number of nitrogens with one attached hydrogen (secondary N) is 1. The van der Waals surface area contributed by atoms with Gasteiger partial charge in [-0.1, -0.05) is 67.1 Å². The predicted molar refractivity (Wildman–Crippen MR) is 160 cm³/mol. The molecule has 0 saturated heterocycles. The van der Waals surface area contributed by atoms with Crippen LogP contribution in [-0.2, 0) is 32.8 Å². The highest BCUT2D eigenvalue weighted by Crippen LogP contribution is 2.22. The Labute approximate surface area is 243 Å². The zero-order chi connectivity index (χ0) is 30.2. The molecule has 0 radical (unpaired) electrons. The van der Waals surface area contributed by atoms with Crippen LogP contribution in [0, 0.1) is 12.7 Å². The lowest BCUT2D eigenvalue weighted by Crippen LogP contribution is -2.55. The van der Waals surface area contributed by atoms with Gasteiger partial charge in [0.25, 0.3) is 0 Å². The van der Waals surface area contributed by atoms with Gasteiger partial charge in [0, 0.05) is 33.1 Å². The van der Waals surface area contributed by atoms with Gasteiger partial charge in [-0.2, -0.15) is 12.7 Å². The van der Waals surface area contributed by atoms with Gasteiger partial charge < -0.3 is 10.2 Å². The van der Waals surface area contributed by atoms with Crippen LogP contribution in [-0.4, -0.2) is 62.2 Å². The monoisotopic (exact) mass is 582 g/mol. The number of hydrogen-bond acceptors (Lipinski definition) is 4. The van der Waals surface area contributed by atoms with Crippen LogP contribution in [0.1, 0.15) is 37.0 Å². The Kier molecular flexibility index (Phi) is 11.0. The number of aryl methyl sites for hydroxylation is 1. The van der Waals surface area contributed by atoms with E-state index in [4.69, 9.17) is 0 Å². The van der Waals surface area contributed by atoms with Crippen molar-refractivity contribution >= 4 is 27.7 Å². The average molecular weight is 583 g/mol. The van der Waals surface area contributed by atoms with Gasteiger partial charge >= 0.3 is 10.2 Å². The highest BCUT2D eigenvalue weighted by atomic mass is 32.2. The molecule has 0 saturated carbocycles. The van der Waals surface area contributed by atoms with Crippen molar-refractivity contribution in [3.63, 3.8) is 0 Å². The Morgan fingerprint density at radius 2 is 1.51 bits per heavy atom. The maximum Gasteiger partial charge on any atom is 0.304 e. The van der Waals surface area contributed by atoms with Gasteiger partial charge in [0.2, 0.25) is 11.8 Å². The molecule has 10 heteroatoms. The molecule has 0 aliphatic carbocycles. The third kappa shape index (κ3) is 8.61. The molecule has 3 aromatic carbocycles. The van der Waals surface area contributed by atoms with Gasteiger partial charge in [-0.25, -0.2) is 8.70 Å². The maximum absolute atomic E-state index is 14.2. The van der Waals surface area contributed by atoms with Crippen molar-refractivity contribution in [3.8, 4) is 0 Å². The summed E-state index contributed by atoms with van der Waals surface area (Å²) in [5.41, 5.74) is 2.82. The molecule has 0 unspecified atom stereocenters. The number of amides is 2. The van der Waals surface area contributed by atoms with Crippen molar-refractivity contribution in [2.75, 3.05) is 24.9 Å². The van der Waals surface area contributed by atoms with Gasteiger partial charge in [-0.05, 0) is 55.7 Å². The van der Waals surface area contributed by atoms with E-state index in [1.165, 1.54) is 31.1 Å². The molecule has 220 valence electrons. The summed E-state index contributed by atoms with van der Waals surface area (Å²) < 4.78 is 42.3. The number of hydrogen-bond donors (Lipinski definition) is 1. The Balaban J connectivity index is 2.08. The number of benzene rings is 3. The van der Waals surface area contributed by atoms with Crippen LogP contribution < -0.4 is 9.62 Å². The van der Waals surface area contributed by atoms with E-state index in [0.29, 0.717) is 6.42 Å². The third-order valence-corrected chi connectivity index (χ3v) is 8.70. The summed E-state index contributed by atoms with van der Waals surface area (Å²) in [6, 6.07) is 20.9. The molecule has 8 nitrogen and oxygen atoms in total. The lowest BCUT2D eigenvalue weighted by molar-refractivity contribution is -0.140. The van der Waals surface area contributed by atoms with E-state index in [1.807, 2.05) is 75.4 Å². The summed E-state index contributed by atoms with van der Waals surface area (Å²) >= 11 is 0. The molecule has 2 amide bonds. The minimum atomic E-state index is -4.14. The first kappa shape index (κ1) is 31.8. The number of nitrogens with zero attached hydrogens (tertiary/aromatic N) is 3. The Hall–Kier alpha value is -3.76. The van der Waals surface area contributed by atoms with Crippen LogP contribution in [0.4, 0.5) is 10.1 Å². The van der Waals surface area contributed by atoms with E-state index >= 15 is 0 Å². The summed E-state index contributed by atoms with van der Waals surface area (Å²) in [5.74, 6) is -1.43. The first-order chi connectivity index (χ1) is 19.4. The Morgan fingerprint density at radius 1 is 0.902 bits per heavy atom. The van der Waals surface area contributed by atoms with Gasteiger partial charge in [0.1, 0.15) is 18.4 Å². The van der Waals surface area contributed by atoms with Crippen LogP contribution in [0.25, 0.3) is 0 Å². The smallest absolute Gasteiger partial charge is 0.304 e. The Bertz CT molecular complexity index is 1400. The second-order valence-corrected chi connectivity index (χ2v) is 12.4. The van der Waals surface area contributed by atoms with E-state index in [-0.39, 0.29) is 30.6 Å². The van der Waals surface area contributed by atoms with Crippen LogP contribution >= 0.6 is 0 Å². The van der Waals surface area contributed by atoms with Crippen LogP contribution in [0.2, 0.25) is 0 Å². The summed E-state index contributed by atoms with van der Waals surface area (Å²) in [5, 5.41) is 3.01. The lowest BCUT2D eigenvalue weighted by atomic mass is 10.0. The van der Waals surface area contributed by atoms with E-state index in [0.717, 1.165) is 37.4 Å². The van der Waals surface area contributed by atoms with E-state index < -0.39 is 34.5 Å². The average Bonchev–Trinajstić information content (AvgIpc) is 2.95. The Morgan fingerprint density at radius 3 is 2.07 bits per heavy atom.